The molecule has 0 unspecified atom stereocenters. The molecular formula is C19H26N2O3. The Morgan fingerprint density at radius 3 is 2.79 bits per heavy atom. The molecule has 1 N–H and O–H groups in total. The Kier molecular flexibility index (Phi) is 4.69. The lowest BCUT2D eigenvalue weighted by molar-refractivity contribution is -0.138. The van der Waals surface area contributed by atoms with Crippen molar-refractivity contribution in [3.05, 3.63) is 34.7 Å². The Hall–Kier alpha value is -2.17. The zero-order valence-corrected chi connectivity index (χ0v) is 14.9. The van der Waals surface area contributed by atoms with E-state index in [1.807, 2.05) is 6.92 Å². The Morgan fingerprint density at radius 1 is 1.33 bits per heavy atom. The van der Waals surface area contributed by atoms with E-state index in [1.54, 1.807) is 7.11 Å². The topological polar surface area (TPSA) is 50.8 Å². The van der Waals surface area contributed by atoms with Gasteiger partial charge in [0.1, 0.15) is 11.4 Å². The highest BCUT2D eigenvalue weighted by Gasteiger charge is 2.33. The average molecular weight is 330 g/mol. The molecule has 0 saturated heterocycles. The predicted molar refractivity (Wildman–Crippen MR) is 94.0 cm³/mol. The summed E-state index contributed by atoms with van der Waals surface area (Å²) in [5.41, 5.74) is 5.33. The van der Waals surface area contributed by atoms with Gasteiger partial charge >= 0.3 is 5.97 Å². The molecule has 1 aromatic carbocycles. The molecule has 0 saturated carbocycles. The van der Waals surface area contributed by atoms with Crippen LogP contribution in [0.3, 0.4) is 0 Å². The summed E-state index contributed by atoms with van der Waals surface area (Å²) >= 11 is 0. The highest BCUT2D eigenvalue weighted by Crippen LogP contribution is 2.40. The van der Waals surface area contributed by atoms with Gasteiger partial charge in [0.2, 0.25) is 0 Å². The number of anilines is 1. The van der Waals surface area contributed by atoms with Crippen LogP contribution in [0.4, 0.5) is 5.69 Å². The van der Waals surface area contributed by atoms with Crippen LogP contribution in [0.1, 0.15) is 38.3 Å². The third-order valence-electron chi connectivity index (χ3n) is 4.54. The first-order valence-electron chi connectivity index (χ1n) is 8.66. The minimum atomic E-state index is -0.255. The molecule has 130 valence electrons. The SMILES string of the molecule is CCOC(=O)C1=C2CCc3cc(OC)c(CC(C)C)cc3N2CN1. The summed E-state index contributed by atoms with van der Waals surface area (Å²) < 4.78 is 10.8. The number of ether oxygens (including phenoxy) is 2. The predicted octanol–water partition coefficient (Wildman–Crippen LogP) is 2.98. The van der Waals surface area contributed by atoms with Gasteiger partial charge in [-0.05, 0) is 55.4 Å². The molecule has 0 aromatic heterocycles. The van der Waals surface area contributed by atoms with Gasteiger partial charge in [-0.25, -0.2) is 4.79 Å². The van der Waals surface area contributed by atoms with Crippen molar-refractivity contribution in [2.45, 2.75) is 40.0 Å². The van der Waals surface area contributed by atoms with E-state index in [4.69, 9.17) is 9.47 Å². The van der Waals surface area contributed by atoms with Crippen LogP contribution < -0.4 is 15.0 Å². The van der Waals surface area contributed by atoms with Crippen molar-refractivity contribution in [3.63, 3.8) is 0 Å². The lowest BCUT2D eigenvalue weighted by Gasteiger charge is -2.30. The number of allylic oxidation sites excluding steroid dienone is 1. The van der Waals surface area contributed by atoms with Crippen molar-refractivity contribution in [1.82, 2.24) is 5.32 Å². The van der Waals surface area contributed by atoms with E-state index in [1.165, 1.54) is 16.8 Å². The summed E-state index contributed by atoms with van der Waals surface area (Å²) in [6.07, 6.45) is 2.71. The molecule has 0 spiro atoms. The number of aryl methyl sites for hydroxylation is 1. The van der Waals surface area contributed by atoms with Gasteiger partial charge in [0.05, 0.1) is 26.1 Å². The standard InChI is InChI=1S/C19H26N2O3/c1-5-24-19(22)18-15-7-6-13-10-17(23-4)14(8-12(2)3)9-16(13)21(15)11-20-18/h9-10,12,20H,5-8,11H2,1-4H3. The van der Waals surface area contributed by atoms with Crippen molar-refractivity contribution in [3.8, 4) is 5.75 Å². The van der Waals surface area contributed by atoms with Crippen LogP contribution in [0, 0.1) is 5.92 Å². The number of rotatable bonds is 5. The molecule has 0 aliphatic carbocycles. The van der Waals surface area contributed by atoms with E-state index in [0.29, 0.717) is 24.9 Å². The minimum absolute atomic E-state index is 0.255. The van der Waals surface area contributed by atoms with Crippen LogP contribution in [0.5, 0.6) is 5.75 Å². The summed E-state index contributed by atoms with van der Waals surface area (Å²) in [5, 5.41) is 3.21. The molecule has 0 radical (unpaired) electrons. The van der Waals surface area contributed by atoms with E-state index >= 15 is 0 Å². The van der Waals surface area contributed by atoms with E-state index < -0.39 is 0 Å². The molecule has 0 atom stereocenters. The van der Waals surface area contributed by atoms with Crippen LogP contribution in [-0.4, -0.2) is 26.4 Å². The van der Waals surface area contributed by atoms with E-state index in [9.17, 15) is 4.79 Å². The summed E-state index contributed by atoms with van der Waals surface area (Å²) in [6.45, 7) is 7.25. The molecule has 1 aromatic rings. The Bertz CT molecular complexity index is 679. The lowest BCUT2D eigenvalue weighted by Crippen LogP contribution is -2.27. The number of methoxy groups -OCH3 is 1. The van der Waals surface area contributed by atoms with Crippen molar-refractivity contribution in [1.29, 1.82) is 0 Å². The molecular weight excluding hydrogens is 304 g/mol. The summed E-state index contributed by atoms with van der Waals surface area (Å²) in [5.74, 6) is 1.27. The van der Waals surface area contributed by atoms with Gasteiger partial charge in [0, 0.05) is 5.69 Å². The average Bonchev–Trinajstić information content (AvgIpc) is 2.98. The molecule has 24 heavy (non-hydrogen) atoms. The third kappa shape index (κ3) is 2.95. The second kappa shape index (κ2) is 6.75. The molecule has 0 bridgehead atoms. The smallest absolute Gasteiger partial charge is 0.356 e. The maximum absolute atomic E-state index is 12.1. The van der Waals surface area contributed by atoms with Crippen LogP contribution in [0.25, 0.3) is 0 Å². The van der Waals surface area contributed by atoms with Gasteiger partial charge in [-0.3, -0.25) is 0 Å². The zero-order valence-electron chi connectivity index (χ0n) is 14.9. The number of nitrogens with one attached hydrogen (secondary N) is 1. The summed E-state index contributed by atoms with van der Waals surface area (Å²) in [4.78, 5) is 14.3. The second-order valence-corrected chi connectivity index (χ2v) is 6.70. The number of esters is 1. The van der Waals surface area contributed by atoms with E-state index in [-0.39, 0.29) is 5.97 Å². The van der Waals surface area contributed by atoms with E-state index in [2.05, 4.69) is 36.2 Å². The minimum Gasteiger partial charge on any atom is -0.496 e. The number of benzene rings is 1. The van der Waals surface area contributed by atoms with Crippen molar-refractivity contribution in [2.75, 3.05) is 25.3 Å². The molecule has 0 amide bonds. The van der Waals surface area contributed by atoms with Crippen molar-refractivity contribution < 1.29 is 14.3 Å². The number of hydrogen-bond acceptors (Lipinski definition) is 5. The van der Waals surface area contributed by atoms with E-state index in [0.717, 1.165) is 30.7 Å². The largest absolute Gasteiger partial charge is 0.496 e. The molecule has 2 heterocycles. The first-order chi connectivity index (χ1) is 11.5. The fourth-order valence-corrected chi connectivity index (χ4v) is 3.52. The van der Waals surface area contributed by atoms with Crippen LogP contribution in [-0.2, 0) is 22.4 Å². The monoisotopic (exact) mass is 330 g/mol. The first-order valence-corrected chi connectivity index (χ1v) is 8.66. The van der Waals surface area contributed by atoms with Crippen LogP contribution in [0.15, 0.2) is 23.5 Å². The van der Waals surface area contributed by atoms with Crippen molar-refractivity contribution >= 4 is 11.7 Å². The fraction of sp³-hybridized carbons (Fsp3) is 0.526. The zero-order chi connectivity index (χ0) is 17.3. The lowest BCUT2D eigenvalue weighted by atomic mass is 9.94. The number of nitrogens with zero attached hydrogens (tertiary/aromatic N) is 1. The molecule has 5 heteroatoms. The number of carbonyl (C=O) groups is 1. The number of fused-ring (bicyclic) bond motifs is 3. The van der Waals surface area contributed by atoms with Gasteiger partial charge in [0.25, 0.3) is 0 Å². The number of carbonyl (C=O) groups excluding carboxylic acids is 1. The Labute approximate surface area is 143 Å². The van der Waals surface area contributed by atoms with Gasteiger partial charge in [-0.15, -0.1) is 0 Å². The molecule has 0 fully saturated rings. The summed E-state index contributed by atoms with van der Waals surface area (Å²) in [6, 6.07) is 4.38. The molecule has 5 nitrogen and oxygen atoms in total. The highest BCUT2D eigenvalue weighted by molar-refractivity contribution is 5.91. The van der Waals surface area contributed by atoms with Crippen molar-refractivity contribution in [2.24, 2.45) is 5.92 Å². The van der Waals surface area contributed by atoms with Crippen LogP contribution >= 0.6 is 0 Å². The normalized spacial score (nSPS) is 16.0. The summed E-state index contributed by atoms with van der Waals surface area (Å²) in [7, 11) is 1.73. The second-order valence-electron chi connectivity index (χ2n) is 6.70. The first kappa shape index (κ1) is 16.7. The van der Waals surface area contributed by atoms with Gasteiger partial charge in [0.15, 0.2) is 0 Å². The molecule has 2 aliphatic rings. The maximum atomic E-state index is 12.1. The molecule has 2 aliphatic heterocycles. The van der Waals surface area contributed by atoms with Crippen LogP contribution in [0.2, 0.25) is 0 Å². The highest BCUT2D eigenvalue weighted by atomic mass is 16.5. The Morgan fingerprint density at radius 2 is 2.12 bits per heavy atom. The van der Waals surface area contributed by atoms with Gasteiger partial charge in [-0.1, -0.05) is 13.8 Å². The third-order valence-corrected chi connectivity index (χ3v) is 4.54. The number of hydrogen-bond donors (Lipinski definition) is 1. The van der Waals surface area contributed by atoms with Gasteiger partial charge in [-0.2, -0.15) is 0 Å². The maximum Gasteiger partial charge on any atom is 0.356 e. The van der Waals surface area contributed by atoms with Gasteiger partial charge < -0.3 is 19.7 Å². The molecule has 3 rings (SSSR count). The Balaban J connectivity index is 1.99. The fourth-order valence-electron chi connectivity index (χ4n) is 3.52. The quantitative estimate of drug-likeness (QED) is 0.841.